The van der Waals surface area contributed by atoms with Gasteiger partial charge in [-0.15, -0.1) is 0 Å². The fourth-order valence-electron chi connectivity index (χ4n) is 3.24. The maximum atomic E-state index is 13.1. The van der Waals surface area contributed by atoms with Crippen LogP contribution in [0.25, 0.3) is 11.1 Å². The van der Waals surface area contributed by atoms with Gasteiger partial charge in [0.1, 0.15) is 16.2 Å². The average Bonchev–Trinajstić information content (AvgIpc) is 2.76. The standard InChI is InChI=1S/C25H23NO6S2/c1-25(2,28)15-14-18-8-7-9-19(16-18)20-10-3-4-11-21(20)22(27)17-33(29,30)23-12-5-6-13-24(23)34(26,31)32/h3-13,16,28H,17H2,1-2H3,(H2,26,31,32). The van der Waals surface area contributed by atoms with Crippen LogP contribution in [0.4, 0.5) is 0 Å². The number of hydrogen-bond donors (Lipinski definition) is 2. The molecule has 0 bridgehead atoms. The topological polar surface area (TPSA) is 132 Å². The second-order valence-corrected chi connectivity index (χ2v) is 11.6. The van der Waals surface area contributed by atoms with E-state index in [4.69, 9.17) is 5.14 Å². The molecular formula is C25H23NO6S2. The fraction of sp³-hybridized carbons (Fsp3) is 0.160. The molecule has 3 N–H and O–H groups in total. The number of carbonyl (C=O) groups is 1. The summed E-state index contributed by atoms with van der Waals surface area (Å²) in [6, 6.07) is 18.4. The van der Waals surface area contributed by atoms with Crippen molar-refractivity contribution in [3.8, 4) is 23.0 Å². The van der Waals surface area contributed by atoms with E-state index in [9.17, 15) is 26.7 Å². The molecule has 34 heavy (non-hydrogen) atoms. The van der Waals surface area contributed by atoms with Gasteiger partial charge >= 0.3 is 0 Å². The molecule has 0 aliphatic carbocycles. The summed E-state index contributed by atoms with van der Waals surface area (Å²) in [5.41, 5.74) is 0.720. The van der Waals surface area contributed by atoms with Gasteiger partial charge in [-0.05, 0) is 49.2 Å². The van der Waals surface area contributed by atoms with Crippen LogP contribution in [0.3, 0.4) is 0 Å². The minimum Gasteiger partial charge on any atom is -0.378 e. The summed E-state index contributed by atoms with van der Waals surface area (Å²) in [6.45, 7) is 3.12. The highest BCUT2D eigenvalue weighted by molar-refractivity contribution is 7.94. The largest absolute Gasteiger partial charge is 0.378 e. The Balaban J connectivity index is 2.01. The van der Waals surface area contributed by atoms with Gasteiger partial charge in [0, 0.05) is 11.1 Å². The van der Waals surface area contributed by atoms with E-state index in [1.807, 2.05) is 0 Å². The molecule has 0 spiro atoms. The molecule has 0 saturated carbocycles. The van der Waals surface area contributed by atoms with E-state index >= 15 is 0 Å². The number of aliphatic hydroxyl groups is 1. The van der Waals surface area contributed by atoms with Crippen molar-refractivity contribution in [1.29, 1.82) is 0 Å². The quantitative estimate of drug-likeness (QED) is 0.398. The van der Waals surface area contributed by atoms with Crippen LogP contribution in [0.15, 0.2) is 82.6 Å². The summed E-state index contributed by atoms with van der Waals surface area (Å²) in [4.78, 5) is 12.0. The van der Waals surface area contributed by atoms with E-state index in [1.165, 1.54) is 18.2 Å². The monoisotopic (exact) mass is 497 g/mol. The zero-order chi connectivity index (χ0) is 25.1. The van der Waals surface area contributed by atoms with Crippen LogP contribution in [-0.2, 0) is 19.9 Å². The van der Waals surface area contributed by atoms with Crippen LogP contribution in [0.1, 0.15) is 29.8 Å². The van der Waals surface area contributed by atoms with Crippen molar-refractivity contribution in [2.24, 2.45) is 5.14 Å². The Morgan fingerprint density at radius 2 is 1.53 bits per heavy atom. The van der Waals surface area contributed by atoms with Gasteiger partial charge in [-0.1, -0.05) is 60.4 Å². The van der Waals surface area contributed by atoms with Gasteiger partial charge in [0.15, 0.2) is 15.6 Å². The first-order valence-corrected chi connectivity index (χ1v) is 13.3. The molecule has 7 nitrogen and oxygen atoms in total. The minimum atomic E-state index is -4.31. The summed E-state index contributed by atoms with van der Waals surface area (Å²) in [6.07, 6.45) is 0. The van der Waals surface area contributed by atoms with Crippen molar-refractivity contribution in [3.63, 3.8) is 0 Å². The number of hydrogen-bond acceptors (Lipinski definition) is 6. The Morgan fingerprint density at radius 3 is 2.18 bits per heavy atom. The highest BCUT2D eigenvalue weighted by Crippen LogP contribution is 2.27. The van der Waals surface area contributed by atoms with Crippen LogP contribution >= 0.6 is 0 Å². The van der Waals surface area contributed by atoms with Gasteiger partial charge < -0.3 is 5.11 Å². The first kappa shape index (κ1) is 25.3. The zero-order valence-electron chi connectivity index (χ0n) is 18.5. The third kappa shape index (κ3) is 6.18. The molecule has 0 amide bonds. The third-order valence-corrected chi connectivity index (χ3v) is 7.49. The number of sulfone groups is 1. The van der Waals surface area contributed by atoms with Crippen LogP contribution in [0.5, 0.6) is 0 Å². The normalized spacial score (nSPS) is 12.0. The molecule has 0 saturated heterocycles. The van der Waals surface area contributed by atoms with Crippen molar-refractivity contribution in [3.05, 3.63) is 83.9 Å². The molecule has 0 aliphatic rings. The molecule has 3 rings (SSSR count). The zero-order valence-corrected chi connectivity index (χ0v) is 20.2. The smallest absolute Gasteiger partial charge is 0.239 e. The number of sulfonamides is 1. The van der Waals surface area contributed by atoms with Crippen molar-refractivity contribution in [2.75, 3.05) is 5.75 Å². The Hall–Kier alpha value is -3.29. The Morgan fingerprint density at radius 1 is 0.912 bits per heavy atom. The molecule has 3 aromatic carbocycles. The Labute approximate surface area is 199 Å². The molecule has 0 radical (unpaired) electrons. The number of ketones is 1. The van der Waals surface area contributed by atoms with E-state index in [2.05, 4.69) is 11.8 Å². The number of Topliss-reactive ketones (excluding diaryl/α,β-unsaturated/α-hetero) is 1. The van der Waals surface area contributed by atoms with E-state index < -0.39 is 46.8 Å². The first-order chi connectivity index (χ1) is 15.8. The summed E-state index contributed by atoms with van der Waals surface area (Å²) >= 11 is 0. The molecule has 0 heterocycles. The van der Waals surface area contributed by atoms with Gasteiger partial charge in [0.2, 0.25) is 10.0 Å². The van der Waals surface area contributed by atoms with E-state index in [0.717, 1.165) is 12.1 Å². The molecule has 176 valence electrons. The predicted molar refractivity (Wildman–Crippen MR) is 129 cm³/mol. The maximum absolute atomic E-state index is 13.1. The minimum absolute atomic E-state index is 0.159. The Bertz CT molecular complexity index is 1520. The van der Waals surface area contributed by atoms with Crippen molar-refractivity contribution in [1.82, 2.24) is 0 Å². The highest BCUT2D eigenvalue weighted by atomic mass is 32.2. The number of benzene rings is 3. The summed E-state index contributed by atoms with van der Waals surface area (Å²) in [7, 11) is -8.62. The van der Waals surface area contributed by atoms with Crippen LogP contribution in [0.2, 0.25) is 0 Å². The SMILES string of the molecule is CC(C)(O)C#Cc1cccc(-c2ccccc2C(=O)CS(=O)(=O)c2ccccc2S(N)(=O)=O)c1. The fourth-order valence-corrected chi connectivity index (χ4v) is 5.90. The second-order valence-electron chi connectivity index (χ2n) is 8.11. The number of primary sulfonamides is 1. The lowest BCUT2D eigenvalue weighted by atomic mass is 9.96. The summed E-state index contributed by atoms with van der Waals surface area (Å²) in [5, 5.41) is 15.0. The lowest BCUT2D eigenvalue weighted by Crippen LogP contribution is -2.21. The Kier molecular flexibility index (Phi) is 7.10. The molecule has 3 aromatic rings. The maximum Gasteiger partial charge on any atom is 0.239 e. The van der Waals surface area contributed by atoms with Gasteiger partial charge in [0.05, 0.1) is 4.90 Å². The summed E-state index contributed by atoms with van der Waals surface area (Å²) in [5.74, 6) is 3.96. The predicted octanol–water partition coefficient (Wildman–Crippen LogP) is 2.78. The van der Waals surface area contributed by atoms with E-state index in [0.29, 0.717) is 16.7 Å². The molecule has 0 aromatic heterocycles. The number of rotatable bonds is 6. The van der Waals surface area contributed by atoms with Crippen molar-refractivity contribution >= 4 is 25.6 Å². The van der Waals surface area contributed by atoms with Gasteiger partial charge in [-0.3, -0.25) is 4.79 Å². The van der Waals surface area contributed by atoms with Gasteiger partial charge in [-0.25, -0.2) is 22.0 Å². The number of nitrogens with two attached hydrogens (primary N) is 1. The van der Waals surface area contributed by atoms with Crippen molar-refractivity contribution < 1.29 is 26.7 Å². The molecule has 0 unspecified atom stereocenters. The first-order valence-electron chi connectivity index (χ1n) is 10.1. The molecular weight excluding hydrogens is 474 g/mol. The highest BCUT2D eigenvalue weighted by Gasteiger charge is 2.27. The lowest BCUT2D eigenvalue weighted by Gasteiger charge is -2.12. The van der Waals surface area contributed by atoms with Crippen LogP contribution in [0, 0.1) is 11.8 Å². The molecule has 0 fully saturated rings. The molecule has 0 atom stereocenters. The average molecular weight is 498 g/mol. The second kappa shape index (κ2) is 9.52. The summed E-state index contributed by atoms with van der Waals surface area (Å²) < 4.78 is 49.7. The van der Waals surface area contributed by atoms with Gasteiger partial charge in [0.25, 0.3) is 0 Å². The van der Waals surface area contributed by atoms with Crippen molar-refractivity contribution in [2.45, 2.75) is 29.2 Å². The third-order valence-electron chi connectivity index (χ3n) is 4.73. The number of carbonyl (C=O) groups excluding carboxylic acids is 1. The van der Waals surface area contributed by atoms with Crippen LogP contribution in [-0.4, -0.2) is 39.1 Å². The molecule has 0 aliphatic heterocycles. The lowest BCUT2D eigenvalue weighted by molar-refractivity contribution is 0.102. The van der Waals surface area contributed by atoms with E-state index in [-0.39, 0.29) is 5.56 Å². The van der Waals surface area contributed by atoms with Gasteiger partial charge in [-0.2, -0.15) is 0 Å². The molecule has 9 heteroatoms. The van der Waals surface area contributed by atoms with E-state index in [1.54, 1.807) is 56.3 Å². The van der Waals surface area contributed by atoms with Crippen LogP contribution < -0.4 is 5.14 Å².